The number of carbonyl (C=O) groups excluding carboxylic acids is 1. The maximum Gasteiger partial charge on any atom is 0.267 e. The van der Waals surface area contributed by atoms with Crippen molar-refractivity contribution in [1.29, 1.82) is 0 Å². The molecular weight excluding hydrogens is 302 g/mol. The molecule has 1 N–H and O–H groups in total. The molecule has 124 valence electrons. The average molecular weight is 323 g/mol. The zero-order chi connectivity index (χ0) is 17.1. The second-order valence-corrected chi connectivity index (χ2v) is 6.05. The van der Waals surface area contributed by atoms with E-state index in [4.69, 9.17) is 4.74 Å². The van der Waals surface area contributed by atoms with Crippen molar-refractivity contribution in [2.24, 2.45) is 0 Å². The number of nitrogens with one attached hydrogen (secondary N) is 1. The van der Waals surface area contributed by atoms with Crippen molar-refractivity contribution in [3.05, 3.63) is 60.4 Å². The van der Waals surface area contributed by atoms with E-state index < -0.39 is 6.10 Å². The van der Waals surface area contributed by atoms with Crippen molar-refractivity contribution in [2.45, 2.75) is 32.8 Å². The number of rotatable bonds is 5. The van der Waals surface area contributed by atoms with Crippen LogP contribution >= 0.6 is 0 Å². The predicted molar refractivity (Wildman–Crippen MR) is 94.4 cm³/mol. The van der Waals surface area contributed by atoms with E-state index >= 15 is 0 Å². The predicted octanol–water partition coefficient (Wildman–Crippen LogP) is 3.86. The minimum absolute atomic E-state index is 0.237. The quantitative estimate of drug-likeness (QED) is 0.775. The Labute approximate surface area is 141 Å². The lowest BCUT2D eigenvalue weighted by atomic mass is 10.0. The summed E-state index contributed by atoms with van der Waals surface area (Å²) in [6.07, 6.45) is 2.95. The molecule has 0 saturated carbocycles. The molecule has 5 nitrogen and oxygen atoms in total. The Kier molecular flexibility index (Phi) is 4.51. The molecule has 1 unspecified atom stereocenters. The molecule has 1 aromatic carbocycles. The topological polar surface area (TPSA) is 55.6 Å². The van der Waals surface area contributed by atoms with Crippen LogP contribution in [0.15, 0.2) is 54.9 Å². The molecule has 0 spiro atoms. The van der Waals surface area contributed by atoms with Gasteiger partial charge in [-0.2, -0.15) is 0 Å². The Balaban J connectivity index is 1.66. The van der Waals surface area contributed by atoms with Crippen LogP contribution in [0, 0.1) is 0 Å². The third-order valence-corrected chi connectivity index (χ3v) is 3.90. The molecule has 1 amide bonds. The van der Waals surface area contributed by atoms with E-state index in [-0.39, 0.29) is 5.91 Å². The lowest BCUT2D eigenvalue weighted by molar-refractivity contribution is -0.122. The second kappa shape index (κ2) is 6.74. The van der Waals surface area contributed by atoms with Gasteiger partial charge < -0.3 is 4.74 Å². The highest BCUT2D eigenvalue weighted by molar-refractivity contribution is 5.93. The van der Waals surface area contributed by atoms with Crippen LogP contribution in [0.25, 0.3) is 5.52 Å². The van der Waals surface area contributed by atoms with E-state index in [2.05, 4.69) is 24.1 Å². The van der Waals surface area contributed by atoms with Gasteiger partial charge in [-0.15, -0.1) is 0 Å². The summed E-state index contributed by atoms with van der Waals surface area (Å²) in [5.74, 6) is 1.39. The number of pyridine rings is 1. The SMILES string of the molecule is CC(Oc1ccc(C(C)C)cc1)C(=O)Nc1ncc2ccccn12. The second-order valence-electron chi connectivity index (χ2n) is 6.05. The van der Waals surface area contributed by atoms with Crippen LogP contribution in [0.2, 0.25) is 0 Å². The third-order valence-electron chi connectivity index (χ3n) is 3.90. The molecule has 0 bridgehead atoms. The summed E-state index contributed by atoms with van der Waals surface area (Å²) in [5, 5.41) is 2.80. The summed E-state index contributed by atoms with van der Waals surface area (Å²) in [6.45, 7) is 6.00. The van der Waals surface area contributed by atoms with Gasteiger partial charge in [-0.25, -0.2) is 4.98 Å². The average Bonchev–Trinajstić information content (AvgIpc) is 2.98. The molecule has 0 aliphatic rings. The summed E-state index contributed by atoms with van der Waals surface area (Å²) in [6, 6.07) is 13.6. The number of hydrogen-bond donors (Lipinski definition) is 1. The summed E-state index contributed by atoms with van der Waals surface area (Å²) >= 11 is 0. The molecule has 3 rings (SSSR count). The summed E-state index contributed by atoms with van der Waals surface area (Å²) in [5.41, 5.74) is 2.16. The minimum atomic E-state index is -0.619. The van der Waals surface area contributed by atoms with E-state index in [1.165, 1.54) is 5.56 Å². The van der Waals surface area contributed by atoms with Gasteiger partial charge in [0.25, 0.3) is 5.91 Å². The molecule has 0 aliphatic heterocycles. The van der Waals surface area contributed by atoms with E-state index in [0.29, 0.717) is 17.6 Å². The number of imidazole rings is 1. The van der Waals surface area contributed by atoms with Crippen molar-refractivity contribution in [3.8, 4) is 5.75 Å². The number of benzene rings is 1. The number of nitrogens with zero attached hydrogens (tertiary/aromatic N) is 2. The number of aromatic nitrogens is 2. The maximum atomic E-state index is 12.3. The van der Waals surface area contributed by atoms with Crippen LogP contribution in [0.3, 0.4) is 0 Å². The number of ether oxygens (including phenoxy) is 1. The van der Waals surface area contributed by atoms with Crippen molar-refractivity contribution in [1.82, 2.24) is 9.38 Å². The standard InChI is InChI=1S/C19H21N3O2/c1-13(2)15-7-9-17(10-8-15)24-14(3)18(23)21-19-20-12-16-6-4-5-11-22(16)19/h4-14H,1-3H3,(H,20,21,23). The molecule has 0 radical (unpaired) electrons. The molecule has 1 atom stereocenters. The summed E-state index contributed by atoms with van der Waals surface area (Å²) in [4.78, 5) is 16.6. The van der Waals surface area contributed by atoms with Gasteiger partial charge in [0.2, 0.25) is 5.95 Å². The van der Waals surface area contributed by atoms with Crippen molar-refractivity contribution in [2.75, 3.05) is 5.32 Å². The number of anilines is 1. The molecule has 0 saturated heterocycles. The zero-order valence-corrected chi connectivity index (χ0v) is 14.1. The number of amides is 1. The molecule has 24 heavy (non-hydrogen) atoms. The maximum absolute atomic E-state index is 12.3. The highest BCUT2D eigenvalue weighted by Crippen LogP contribution is 2.20. The van der Waals surface area contributed by atoms with Crippen LogP contribution in [-0.2, 0) is 4.79 Å². The van der Waals surface area contributed by atoms with Crippen LogP contribution in [0.5, 0.6) is 5.75 Å². The van der Waals surface area contributed by atoms with Gasteiger partial charge in [-0.3, -0.25) is 14.5 Å². The highest BCUT2D eigenvalue weighted by Gasteiger charge is 2.17. The summed E-state index contributed by atoms with van der Waals surface area (Å²) in [7, 11) is 0. The first-order chi connectivity index (χ1) is 11.5. The Bertz CT molecular complexity index is 837. The smallest absolute Gasteiger partial charge is 0.267 e. The van der Waals surface area contributed by atoms with Crippen LogP contribution in [-0.4, -0.2) is 21.4 Å². The normalized spacial score (nSPS) is 12.3. The van der Waals surface area contributed by atoms with Crippen LogP contribution < -0.4 is 10.1 Å². The van der Waals surface area contributed by atoms with Gasteiger partial charge in [-0.05, 0) is 42.7 Å². The Morgan fingerprint density at radius 3 is 2.58 bits per heavy atom. The molecule has 0 fully saturated rings. The monoisotopic (exact) mass is 323 g/mol. The fourth-order valence-corrected chi connectivity index (χ4v) is 2.44. The Morgan fingerprint density at radius 1 is 1.12 bits per heavy atom. The van der Waals surface area contributed by atoms with Gasteiger partial charge in [0, 0.05) is 6.20 Å². The molecule has 5 heteroatoms. The molecule has 2 aromatic heterocycles. The molecule has 0 aliphatic carbocycles. The van der Waals surface area contributed by atoms with Crippen LogP contribution in [0.1, 0.15) is 32.3 Å². The first-order valence-corrected chi connectivity index (χ1v) is 8.04. The van der Waals surface area contributed by atoms with E-state index in [1.807, 2.05) is 53.1 Å². The number of hydrogen-bond acceptors (Lipinski definition) is 3. The number of fused-ring (bicyclic) bond motifs is 1. The first kappa shape index (κ1) is 16.1. The van der Waals surface area contributed by atoms with E-state index in [1.54, 1.807) is 13.1 Å². The molecule has 2 heterocycles. The van der Waals surface area contributed by atoms with Crippen molar-refractivity contribution < 1.29 is 9.53 Å². The lowest BCUT2D eigenvalue weighted by Crippen LogP contribution is -2.30. The molecule has 3 aromatic rings. The lowest BCUT2D eigenvalue weighted by Gasteiger charge is -2.15. The van der Waals surface area contributed by atoms with Gasteiger partial charge in [0.1, 0.15) is 5.75 Å². The van der Waals surface area contributed by atoms with Crippen LogP contribution in [0.4, 0.5) is 5.95 Å². The van der Waals surface area contributed by atoms with E-state index in [9.17, 15) is 4.79 Å². The Morgan fingerprint density at radius 2 is 1.88 bits per heavy atom. The van der Waals surface area contributed by atoms with Crippen molar-refractivity contribution >= 4 is 17.4 Å². The van der Waals surface area contributed by atoms with Gasteiger partial charge >= 0.3 is 0 Å². The van der Waals surface area contributed by atoms with Gasteiger partial charge in [-0.1, -0.05) is 32.0 Å². The minimum Gasteiger partial charge on any atom is -0.481 e. The fourth-order valence-electron chi connectivity index (χ4n) is 2.44. The van der Waals surface area contributed by atoms with E-state index in [0.717, 1.165) is 5.52 Å². The fraction of sp³-hybridized carbons (Fsp3) is 0.263. The van der Waals surface area contributed by atoms with Gasteiger partial charge in [0.05, 0.1) is 11.7 Å². The third kappa shape index (κ3) is 3.40. The highest BCUT2D eigenvalue weighted by atomic mass is 16.5. The zero-order valence-electron chi connectivity index (χ0n) is 14.1. The number of carbonyl (C=O) groups is 1. The summed E-state index contributed by atoms with van der Waals surface area (Å²) < 4.78 is 7.54. The Hall–Kier alpha value is -2.82. The van der Waals surface area contributed by atoms with Gasteiger partial charge in [0.15, 0.2) is 6.10 Å². The molecular formula is C19H21N3O2. The largest absolute Gasteiger partial charge is 0.481 e. The first-order valence-electron chi connectivity index (χ1n) is 8.04. The van der Waals surface area contributed by atoms with Crippen molar-refractivity contribution in [3.63, 3.8) is 0 Å².